The van der Waals surface area contributed by atoms with Crippen molar-refractivity contribution in [2.24, 2.45) is 0 Å². The monoisotopic (exact) mass is 500 g/mol. The van der Waals surface area contributed by atoms with E-state index in [1.54, 1.807) is 6.92 Å². The molecule has 0 bridgehead atoms. The summed E-state index contributed by atoms with van der Waals surface area (Å²) in [5.74, 6) is -4.46. The summed E-state index contributed by atoms with van der Waals surface area (Å²) in [6, 6.07) is 0. The van der Waals surface area contributed by atoms with Crippen molar-refractivity contribution in [3.8, 4) is 0 Å². The number of hydrogen-bond donors (Lipinski definition) is 0. The normalized spacial score (nSPS) is 15.8. The summed E-state index contributed by atoms with van der Waals surface area (Å²) in [5.41, 5.74) is 0.476. The smallest absolute Gasteiger partial charge is 0.333 e. The number of alkyl halides is 3. The minimum atomic E-state index is -4.56. The van der Waals surface area contributed by atoms with E-state index < -0.39 is 35.4 Å². The highest BCUT2D eigenvalue weighted by atomic mass is 32.8. The van der Waals surface area contributed by atoms with Gasteiger partial charge in [-0.3, -0.25) is 9.59 Å². The third-order valence-corrected chi connectivity index (χ3v) is 4.09. The van der Waals surface area contributed by atoms with Crippen LogP contribution in [0.5, 0.6) is 0 Å². The summed E-state index contributed by atoms with van der Waals surface area (Å²) in [7, 11) is 0. The number of carbonyl (C=O) groups is 2. The molecule has 0 spiro atoms. The molecule has 1 aromatic heterocycles. The number of hydrogen-bond acceptors (Lipinski definition) is 6. The Hall–Kier alpha value is -2.48. The maximum Gasteiger partial charge on any atom is 0.451 e. The molecule has 1 aromatic rings. The zero-order valence-corrected chi connectivity index (χ0v) is 18.5. The van der Waals surface area contributed by atoms with E-state index in [4.69, 9.17) is 0 Å². The average Bonchev–Trinajstić information content (AvgIpc) is 3.08. The van der Waals surface area contributed by atoms with Crippen molar-refractivity contribution in [3.05, 3.63) is 46.9 Å². The number of amides is 1. The van der Waals surface area contributed by atoms with E-state index in [9.17, 15) is 35.9 Å². The first kappa shape index (κ1) is 27.6. The van der Waals surface area contributed by atoms with Crippen molar-refractivity contribution < 1.29 is 35.9 Å². The van der Waals surface area contributed by atoms with Crippen molar-refractivity contribution in [3.63, 3.8) is 0 Å². The van der Waals surface area contributed by atoms with Crippen LogP contribution in [0.25, 0.3) is 0 Å². The predicted octanol–water partition coefficient (Wildman–Crippen LogP) is 3.95. The van der Waals surface area contributed by atoms with Crippen LogP contribution >= 0.6 is 0 Å². The molecule has 1 amide bonds. The van der Waals surface area contributed by atoms with E-state index in [0.29, 0.717) is 11.6 Å². The molecule has 2 aliphatic rings. The minimum Gasteiger partial charge on any atom is -0.333 e. The lowest BCUT2D eigenvalue weighted by molar-refractivity contribution is -0.148. The summed E-state index contributed by atoms with van der Waals surface area (Å²) >= 11 is 7.33. The number of aromatic nitrogens is 3. The molecule has 0 atom stereocenters. The van der Waals surface area contributed by atoms with Gasteiger partial charge in [-0.2, -0.15) is 13.2 Å². The molecule has 0 saturated heterocycles. The molecule has 2 heterocycles. The number of fused-ring (bicyclic) bond motifs is 1. The summed E-state index contributed by atoms with van der Waals surface area (Å²) in [4.78, 5) is 23.8. The summed E-state index contributed by atoms with van der Waals surface area (Å²) in [5, 5.41) is 6.56. The fourth-order valence-electron chi connectivity index (χ4n) is 2.77. The fourth-order valence-corrected chi connectivity index (χ4v) is 2.77. The van der Waals surface area contributed by atoms with Gasteiger partial charge in [-0.25, -0.2) is 13.2 Å². The van der Waals surface area contributed by atoms with Crippen molar-refractivity contribution in [1.29, 1.82) is 0 Å². The van der Waals surface area contributed by atoms with E-state index in [1.165, 1.54) is 11.8 Å². The van der Waals surface area contributed by atoms with Crippen LogP contribution in [-0.2, 0) is 51.2 Å². The van der Waals surface area contributed by atoms with E-state index in [1.807, 2.05) is 0 Å². The Morgan fingerprint density at radius 1 is 1.06 bits per heavy atom. The predicted molar refractivity (Wildman–Crippen MR) is 107 cm³/mol. The van der Waals surface area contributed by atoms with Crippen LogP contribution < -0.4 is 0 Å². The number of rotatable bonds is 2. The number of ketones is 1. The number of carbonyl (C=O) groups excluding carboxylic acids is 2. The van der Waals surface area contributed by atoms with Crippen LogP contribution in [0.15, 0.2) is 35.2 Å². The molecular weight excluding hydrogens is 482 g/mol. The van der Waals surface area contributed by atoms with Crippen LogP contribution in [0, 0.1) is 0 Å². The molecule has 0 saturated carbocycles. The van der Waals surface area contributed by atoms with Gasteiger partial charge in [0, 0.05) is 48.0 Å². The van der Waals surface area contributed by atoms with Gasteiger partial charge in [0.25, 0.3) is 0 Å². The first-order valence-corrected chi connectivity index (χ1v) is 10.2. The standard InChI is InChI=1S/C10H11F3N4O2.C8H7F3.S2/c1-6(18)4-8(19)16-2-3-17-7(5-16)14-15-9(17)10(11,12)13;1-5-2-6(9)4-8(11)7(10)3-5;1-2/h2-5H2,1H3;3-4H,2H2,1H3;. The zero-order chi connectivity index (χ0) is 24.6. The van der Waals surface area contributed by atoms with Gasteiger partial charge in [0.15, 0.2) is 17.5 Å². The molecule has 0 unspecified atom stereocenters. The van der Waals surface area contributed by atoms with Gasteiger partial charge in [0.2, 0.25) is 11.7 Å². The Kier molecular flexibility index (Phi) is 10.3. The van der Waals surface area contributed by atoms with Gasteiger partial charge in [0.05, 0.1) is 13.0 Å². The quantitative estimate of drug-likeness (QED) is 0.453. The maximum absolute atomic E-state index is 12.6. The molecular formula is C18H18F6N4O2S2. The third kappa shape index (κ3) is 7.89. The lowest BCUT2D eigenvalue weighted by Gasteiger charge is -2.27. The van der Waals surface area contributed by atoms with E-state index in [-0.39, 0.29) is 44.1 Å². The molecule has 14 heteroatoms. The van der Waals surface area contributed by atoms with Gasteiger partial charge >= 0.3 is 6.18 Å². The molecule has 1 aliphatic carbocycles. The highest BCUT2D eigenvalue weighted by Crippen LogP contribution is 2.29. The third-order valence-electron chi connectivity index (χ3n) is 4.09. The lowest BCUT2D eigenvalue weighted by atomic mass is 10.2. The number of Topliss-reactive ketones (excluding diaryl/α,β-unsaturated/α-hetero) is 1. The van der Waals surface area contributed by atoms with Crippen LogP contribution in [-0.4, -0.2) is 37.9 Å². The molecule has 6 nitrogen and oxygen atoms in total. The van der Waals surface area contributed by atoms with Crippen molar-refractivity contribution >= 4 is 34.1 Å². The van der Waals surface area contributed by atoms with E-state index in [0.717, 1.165) is 10.6 Å². The van der Waals surface area contributed by atoms with Crippen LogP contribution in [0.2, 0.25) is 0 Å². The largest absolute Gasteiger partial charge is 0.451 e. The highest BCUT2D eigenvalue weighted by molar-refractivity contribution is 8.07. The SMILES string of the molecule is CC(=O)CC(=O)N1CCn2c(nnc2C(F)(F)F)C1.CC1=CC(F)=C(F)C=C(F)C1.S=S. The van der Waals surface area contributed by atoms with Crippen LogP contribution in [0.3, 0.4) is 0 Å². The van der Waals surface area contributed by atoms with E-state index >= 15 is 0 Å². The van der Waals surface area contributed by atoms with Gasteiger partial charge in [0.1, 0.15) is 11.6 Å². The molecule has 0 aromatic carbocycles. The molecule has 0 fully saturated rings. The number of allylic oxidation sites excluding steroid dienone is 6. The van der Waals surface area contributed by atoms with E-state index in [2.05, 4.69) is 32.6 Å². The Bertz CT molecular complexity index is 930. The van der Waals surface area contributed by atoms with Gasteiger partial charge in [-0.15, -0.1) is 10.2 Å². The molecule has 0 radical (unpaired) electrons. The van der Waals surface area contributed by atoms with Gasteiger partial charge < -0.3 is 9.47 Å². The maximum atomic E-state index is 12.6. The molecule has 32 heavy (non-hydrogen) atoms. The van der Waals surface area contributed by atoms with Crippen molar-refractivity contribution in [2.75, 3.05) is 6.54 Å². The van der Waals surface area contributed by atoms with Gasteiger partial charge in [-0.05, 0) is 19.9 Å². The summed E-state index contributed by atoms with van der Waals surface area (Å²) in [6.45, 7) is 2.86. The first-order chi connectivity index (χ1) is 14.9. The van der Waals surface area contributed by atoms with Crippen LogP contribution in [0.1, 0.15) is 38.3 Å². The Balaban J connectivity index is 0.000000335. The zero-order valence-electron chi connectivity index (χ0n) is 16.9. The Morgan fingerprint density at radius 2 is 1.66 bits per heavy atom. The topological polar surface area (TPSA) is 68.1 Å². The first-order valence-electron chi connectivity index (χ1n) is 8.90. The summed E-state index contributed by atoms with van der Waals surface area (Å²) in [6.07, 6.45) is -3.25. The molecule has 176 valence electrons. The van der Waals surface area contributed by atoms with Crippen molar-refractivity contribution in [1.82, 2.24) is 19.7 Å². The number of nitrogens with zero attached hydrogens (tertiary/aromatic N) is 4. The van der Waals surface area contributed by atoms with Crippen LogP contribution in [0.4, 0.5) is 26.3 Å². The average molecular weight is 500 g/mol. The molecule has 3 rings (SSSR count). The second-order valence-electron chi connectivity index (χ2n) is 6.74. The summed E-state index contributed by atoms with van der Waals surface area (Å²) < 4.78 is 76.1. The minimum absolute atomic E-state index is 0.0131. The Labute approximate surface area is 189 Å². The Morgan fingerprint density at radius 3 is 2.22 bits per heavy atom. The number of halogens is 6. The molecule has 1 aliphatic heterocycles. The highest BCUT2D eigenvalue weighted by Gasteiger charge is 2.39. The second-order valence-corrected chi connectivity index (χ2v) is 6.74. The fraction of sp³-hybridized carbons (Fsp3) is 0.444. The lowest BCUT2D eigenvalue weighted by Crippen LogP contribution is -2.39. The van der Waals surface area contributed by atoms with Crippen molar-refractivity contribution in [2.45, 2.75) is 46.0 Å². The molecule has 0 N–H and O–H groups in total. The second kappa shape index (κ2) is 11.9. The van der Waals surface area contributed by atoms with Gasteiger partial charge in [-0.1, -0.05) is 5.57 Å².